The van der Waals surface area contributed by atoms with Gasteiger partial charge in [-0.2, -0.15) is 0 Å². The average molecular weight is 492 g/mol. The molecule has 28 heavy (non-hydrogen) atoms. The van der Waals surface area contributed by atoms with E-state index in [9.17, 15) is 0 Å². The highest BCUT2D eigenvalue weighted by atomic mass is 127. The number of hydrogen-bond donors (Lipinski definition) is 2. The maximum atomic E-state index is 5.55. The van der Waals surface area contributed by atoms with Gasteiger partial charge in [0, 0.05) is 19.2 Å². The van der Waals surface area contributed by atoms with Crippen LogP contribution in [-0.2, 0) is 13.0 Å². The Bertz CT molecular complexity index is 864. The molecule has 6 nitrogen and oxygen atoms in total. The largest absolute Gasteiger partial charge is 0.497 e. The van der Waals surface area contributed by atoms with Crippen LogP contribution in [0.25, 0.3) is 11.5 Å². The van der Waals surface area contributed by atoms with Gasteiger partial charge in [-0.1, -0.05) is 30.3 Å². The van der Waals surface area contributed by atoms with Crippen LogP contribution in [0.5, 0.6) is 5.75 Å². The van der Waals surface area contributed by atoms with Crippen molar-refractivity contribution in [3.05, 3.63) is 72.1 Å². The molecule has 1 aromatic heterocycles. The number of nitrogens with one attached hydrogen (secondary N) is 2. The van der Waals surface area contributed by atoms with E-state index in [2.05, 4.69) is 32.7 Å². The molecule has 0 saturated heterocycles. The molecule has 3 aromatic rings. The fraction of sp³-hybridized carbons (Fsp3) is 0.238. The zero-order valence-electron chi connectivity index (χ0n) is 16.0. The van der Waals surface area contributed by atoms with E-state index in [1.807, 2.05) is 42.5 Å². The van der Waals surface area contributed by atoms with Gasteiger partial charge in [-0.05, 0) is 36.2 Å². The maximum Gasteiger partial charge on any atom is 0.226 e. The van der Waals surface area contributed by atoms with Crippen molar-refractivity contribution in [3.8, 4) is 17.2 Å². The van der Waals surface area contributed by atoms with Crippen LogP contribution in [0.2, 0.25) is 0 Å². The molecule has 0 aliphatic heterocycles. The maximum absolute atomic E-state index is 5.55. The van der Waals surface area contributed by atoms with E-state index in [1.165, 1.54) is 5.56 Å². The van der Waals surface area contributed by atoms with E-state index >= 15 is 0 Å². The molecular formula is C21H25IN4O2. The minimum Gasteiger partial charge on any atom is -0.497 e. The fourth-order valence-corrected chi connectivity index (χ4v) is 2.61. The molecule has 0 unspecified atom stereocenters. The minimum absolute atomic E-state index is 0. The van der Waals surface area contributed by atoms with Crippen LogP contribution >= 0.6 is 24.0 Å². The van der Waals surface area contributed by atoms with Gasteiger partial charge in [-0.25, -0.2) is 4.98 Å². The third kappa shape index (κ3) is 6.26. The van der Waals surface area contributed by atoms with Gasteiger partial charge in [0.1, 0.15) is 12.0 Å². The van der Waals surface area contributed by atoms with E-state index in [1.54, 1.807) is 20.4 Å². The van der Waals surface area contributed by atoms with Crippen molar-refractivity contribution in [1.29, 1.82) is 0 Å². The van der Waals surface area contributed by atoms with Crippen LogP contribution < -0.4 is 15.4 Å². The molecule has 1 heterocycles. The first-order chi connectivity index (χ1) is 13.3. The van der Waals surface area contributed by atoms with Crippen LogP contribution in [0.1, 0.15) is 11.3 Å². The molecular weight excluding hydrogens is 467 g/mol. The van der Waals surface area contributed by atoms with E-state index in [-0.39, 0.29) is 24.0 Å². The lowest BCUT2D eigenvalue weighted by Crippen LogP contribution is -2.37. The number of methoxy groups -OCH3 is 1. The Kier molecular flexibility index (Phi) is 8.80. The zero-order chi connectivity index (χ0) is 18.9. The summed E-state index contributed by atoms with van der Waals surface area (Å²) in [6, 6.07) is 17.9. The Morgan fingerprint density at radius 1 is 1.07 bits per heavy atom. The predicted octanol–water partition coefficient (Wildman–Crippen LogP) is 3.88. The molecule has 0 atom stereocenters. The molecule has 0 bridgehead atoms. The van der Waals surface area contributed by atoms with Crippen molar-refractivity contribution in [2.24, 2.45) is 4.99 Å². The standard InChI is InChI=1S/C21H24N4O2.HI/c1-22-21(23-13-12-16-8-10-19(26-2)11-9-16)24-14-18-15-27-20(25-18)17-6-4-3-5-7-17;/h3-11,15H,12-14H2,1-2H3,(H2,22,23,24);1H. The molecule has 0 saturated carbocycles. The highest BCUT2D eigenvalue weighted by molar-refractivity contribution is 14.0. The minimum atomic E-state index is 0. The molecule has 148 valence electrons. The Balaban J connectivity index is 0.00000280. The SMILES string of the molecule is CN=C(NCCc1ccc(OC)cc1)NCc1coc(-c2ccccc2)n1.I. The number of hydrogen-bond acceptors (Lipinski definition) is 4. The van der Waals surface area contributed by atoms with Crippen molar-refractivity contribution < 1.29 is 9.15 Å². The van der Waals surface area contributed by atoms with Gasteiger partial charge in [0.25, 0.3) is 0 Å². The van der Waals surface area contributed by atoms with Crippen molar-refractivity contribution in [3.63, 3.8) is 0 Å². The molecule has 2 aromatic carbocycles. The van der Waals surface area contributed by atoms with Gasteiger partial charge >= 0.3 is 0 Å². The van der Waals surface area contributed by atoms with Gasteiger partial charge in [-0.3, -0.25) is 4.99 Å². The van der Waals surface area contributed by atoms with Gasteiger partial charge in [0.15, 0.2) is 5.96 Å². The third-order valence-electron chi connectivity index (χ3n) is 4.10. The Labute approximate surface area is 182 Å². The number of guanidine groups is 1. The summed E-state index contributed by atoms with van der Waals surface area (Å²) in [5.41, 5.74) is 3.03. The monoisotopic (exact) mass is 492 g/mol. The number of aromatic nitrogens is 1. The topological polar surface area (TPSA) is 71.7 Å². The van der Waals surface area contributed by atoms with E-state index in [4.69, 9.17) is 9.15 Å². The number of rotatable bonds is 7. The highest BCUT2D eigenvalue weighted by Gasteiger charge is 2.07. The molecule has 3 rings (SSSR count). The summed E-state index contributed by atoms with van der Waals surface area (Å²) in [5, 5.41) is 6.56. The average Bonchev–Trinajstić information content (AvgIpc) is 3.21. The lowest BCUT2D eigenvalue weighted by molar-refractivity contribution is 0.414. The molecule has 0 fully saturated rings. The second-order valence-corrected chi connectivity index (χ2v) is 5.96. The smallest absolute Gasteiger partial charge is 0.226 e. The number of aliphatic imine (C=N–C) groups is 1. The van der Waals surface area contributed by atoms with Crippen molar-refractivity contribution in [2.45, 2.75) is 13.0 Å². The highest BCUT2D eigenvalue weighted by Crippen LogP contribution is 2.17. The number of halogens is 1. The molecule has 0 amide bonds. The lowest BCUT2D eigenvalue weighted by Gasteiger charge is -2.11. The second-order valence-electron chi connectivity index (χ2n) is 5.96. The number of oxazole rings is 1. The van der Waals surface area contributed by atoms with Crippen LogP contribution in [0.15, 0.2) is 70.3 Å². The molecule has 2 N–H and O–H groups in total. The fourth-order valence-electron chi connectivity index (χ4n) is 2.61. The summed E-state index contributed by atoms with van der Waals surface area (Å²) in [7, 11) is 3.42. The second kappa shape index (κ2) is 11.3. The summed E-state index contributed by atoms with van der Waals surface area (Å²) in [5.74, 6) is 2.22. The van der Waals surface area contributed by atoms with Crippen molar-refractivity contribution in [2.75, 3.05) is 20.7 Å². The first kappa shape index (κ1) is 21.7. The third-order valence-corrected chi connectivity index (χ3v) is 4.10. The first-order valence-electron chi connectivity index (χ1n) is 8.86. The quantitative estimate of drug-likeness (QED) is 0.298. The molecule has 0 aliphatic carbocycles. The normalized spacial score (nSPS) is 10.9. The van der Waals surface area contributed by atoms with Crippen LogP contribution in [-0.4, -0.2) is 31.6 Å². The van der Waals surface area contributed by atoms with E-state index < -0.39 is 0 Å². The molecule has 0 radical (unpaired) electrons. The predicted molar refractivity (Wildman–Crippen MR) is 122 cm³/mol. The number of nitrogens with zero attached hydrogens (tertiary/aromatic N) is 2. The molecule has 7 heteroatoms. The summed E-state index contributed by atoms with van der Waals surface area (Å²) in [4.78, 5) is 8.75. The summed E-state index contributed by atoms with van der Waals surface area (Å²) in [6.07, 6.45) is 2.56. The Morgan fingerprint density at radius 2 is 1.82 bits per heavy atom. The van der Waals surface area contributed by atoms with E-state index in [0.717, 1.165) is 35.9 Å². The summed E-state index contributed by atoms with van der Waals surface area (Å²) >= 11 is 0. The molecule has 0 spiro atoms. The van der Waals surface area contributed by atoms with Gasteiger partial charge in [0.2, 0.25) is 5.89 Å². The van der Waals surface area contributed by atoms with Gasteiger partial charge in [-0.15, -0.1) is 24.0 Å². The number of ether oxygens (including phenoxy) is 1. The van der Waals surface area contributed by atoms with Crippen LogP contribution in [0, 0.1) is 0 Å². The van der Waals surface area contributed by atoms with Gasteiger partial charge < -0.3 is 19.8 Å². The summed E-state index contributed by atoms with van der Waals surface area (Å²) < 4.78 is 10.7. The zero-order valence-corrected chi connectivity index (χ0v) is 18.3. The van der Waals surface area contributed by atoms with Crippen LogP contribution in [0.3, 0.4) is 0 Å². The lowest BCUT2D eigenvalue weighted by atomic mass is 10.1. The van der Waals surface area contributed by atoms with Crippen molar-refractivity contribution in [1.82, 2.24) is 15.6 Å². The molecule has 0 aliphatic rings. The Morgan fingerprint density at radius 3 is 2.50 bits per heavy atom. The summed E-state index contributed by atoms with van der Waals surface area (Å²) in [6.45, 7) is 1.32. The van der Waals surface area contributed by atoms with E-state index in [0.29, 0.717) is 12.4 Å². The number of benzene rings is 2. The van der Waals surface area contributed by atoms with Crippen molar-refractivity contribution >= 4 is 29.9 Å². The van der Waals surface area contributed by atoms with Crippen LogP contribution in [0.4, 0.5) is 0 Å². The first-order valence-corrected chi connectivity index (χ1v) is 8.86. The Hall–Kier alpha value is -2.55. The van der Waals surface area contributed by atoms with Gasteiger partial charge in [0.05, 0.1) is 19.3 Å².